The van der Waals surface area contributed by atoms with Crippen LogP contribution in [0.2, 0.25) is 0 Å². The predicted octanol–water partition coefficient (Wildman–Crippen LogP) is 1.28. The zero-order chi connectivity index (χ0) is 9.68. The molecule has 1 aliphatic carbocycles. The van der Waals surface area contributed by atoms with Crippen molar-refractivity contribution in [2.45, 2.75) is 51.2 Å². The molecule has 0 aromatic carbocycles. The highest BCUT2D eigenvalue weighted by atomic mass is 16.3. The van der Waals surface area contributed by atoms with E-state index in [1.165, 1.54) is 6.42 Å². The van der Waals surface area contributed by atoms with Crippen LogP contribution in [-0.2, 0) is 0 Å². The van der Waals surface area contributed by atoms with Crippen molar-refractivity contribution in [3.05, 3.63) is 0 Å². The van der Waals surface area contributed by atoms with Gasteiger partial charge in [0.2, 0.25) is 0 Å². The molecule has 1 aliphatic rings. The Labute approximate surface area is 80.5 Å². The second-order valence-corrected chi connectivity index (χ2v) is 3.79. The van der Waals surface area contributed by atoms with Crippen LogP contribution >= 0.6 is 0 Å². The monoisotopic (exact) mass is 181 g/mol. The van der Waals surface area contributed by atoms with E-state index < -0.39 is 0 Å². The molecule has 0 aliphatic heterocycles. The third-order valence-electron chi connectivity index (χ3n) is 2.86. The molecule has 1 unspecified atom stereocenters. The third kappa shape index (κ3) is 3.02. The first-order valence-corrected chi connectivity index (χ1v) is 5.09. The van der Waals surface area contributed by atoms with Crippen molar-refractivity contribution in [1.29, 1.82) is 0 Å². The molecule has 3 atom stereocenters. The molecule has 13 heavy (non-hydrogen) atoms. The third-order valence-corrected chi connectivity index (χ3v) is 2.86. The molecule has 0 spiro atoms. The van der Waals surface area contributed by atoms with E-state index in [4.69, 9.17) is 5.73 Å². The minimum absolute atomic E-state index is 0.213. The molecule has 1 fully saturated rings. The lowest BCUT2D eigenvalue weighted by Gasteiger charge is -2.21. The molecule has 3 N–H and O–H groups in total. The normalized spacial score (nSPS) is 29.5. The van der Waals surface area contributed by atoms with Crippen LogP contribution in [0.4, 0.5) is 0 Å². The van der Waals surface area contributed by atoms with Gasteiger partial charge >= 0.3 is 0 Å². The van der Waals surface area contributed by atoms with E-state index in [0.29, 0.717) is 5.92 Å². The van der Waals surface area contributed by atoms with Crippen molar-refractivity contribution >= 4 is 0 Å². The Morgan fingerprint density at radius 2 is 2.31 bits per heavy atom. The van der Waals surface area contributed by atoms with E-state index >= 15 is 0 Å². The van der Waals surface area contributed by atoms with Crippen molar-refractivity contribution in [1.82, 2.24) is 0 Å². The quantitative estimate of drug-likeness (QED) is 0.644. The highest BCUT2D eigenvalue weighted by Gasteiger charge is 2.29. The molecular formula is C11H19NO. The van der Waals surface area contributed by atoms with Crippen LogP contribution in [0.15, 0.2) is 0 Å². The Morgan fingerprint density at radius 1 is 1.54 bits per heavy atom. The highest BCUT2D eigenvalue weighted by Crippen LogP contribution is 2.28. The molecule has 0 bridgehead atoms. The molecule has 74 valence electrons. The number of aliphatic hydroxyl groups excluding tert-OH is 1. The smallest absolute Gasteiger partial charge is 0.0592 e. The van der Waals surface area contributed by atoms with Crippen LogP contribution in [0.3, 0.4) is 0 Å². The molecule has 0 aromatic rings. The van der Waals surface area contributed by atoms with Crippen molar-refractivity contribution in [3.63, 3.8) is 0 Å². The van der Waals surface area contributed by atoms with Gasteiger partial charge in [0.25, 0.3) is 0 Å². The van der Waals surface area contributed by atoms with Gasteiger partial charge in [-0.05, 0) is 32.1 Å². The SMILES string of the molecule is CC#CCCC(O)[C@@H]1CCC[C@@H]1N. The molecule has 0 heterocycles. The summed E-state index contributed by atoms with van der Waals surface area (Å²) >= 11 is 0. The van der Waals surface area contributed by atoms with Gasteiger partial charge in [0.15, 0.2) is 0 Å². The Hall–Kier alpha value is -0.520. The summed E-state index contributed by atoms with van der Waals surface area (Å²) in [6, 6.07) is 0.213. The lowest BCUT2D eigenvalue weighted by Crippen LogP contribution is -2.33. The maximum Gasteiger partial charge on any atom is 0.0592 e. The molecule has 2 nitrogen and oxygen atoms in total. The molecule has 1 saturated carbocycles. The molecule has 2 heteroatoms. The Kier molecular flexibility index (Phi) is 4.27. The summed E-state index contributed by atoms with van der Waals surface area (Å²) in [6.07, 6.45) is 4.66. The summed E-state index contributed by atoms with van der Waals surface area (Å²) in [5.41, 5.74) is 5.89. The van der Waals surface area contributed by atoms with Gasteiger partial charge in [0, 0.05) is 12.5 Å². The summed E-state index contributed by atoms with van der Waals surface area (Å²) in [6.45, 7) is 1.83. The topological polar surface area (TPSA) is 46.2 Å². The van der Waals surface area contributed by atoms with Crippen LogP contribution < -0.4 is 5.73 Å². The zero-order valence-corrected chi connectivity index (χ0v) is 8.29. The van der Waals surface area contributed by atoms with E-state index in [-0.39, 0.29) is 12.1 Å². The predicted molar refractivity (Wildman–Crippen MR) is 54.0 cm³/mol. The van der Waals surface area contributed by atoms with Gasteiger partial charge in [-0.1, -0.05) is 6.42 Å². The Bertz CT molecular complexity index is 204. The fraction of sp³-hybridized carbons (Fsp3) is 0.818. The van der Waals surface area contributed by atoms with Gasteiger partial charge in [0.1, 0.15) is 0 Å². The van der Waals surface area contributed by atoms with E-state index in [1.54, 1.807) is 0 Å². The second-order valence-electron chi connectivity index (χ2n) is 3.79. The van der Waals surface area contributed by atoms with Crippen LogP contribution in [0, 0.1) is 17.8 Å². The van der Waals surface area contributed by atoms with E-state index in [9.17, 15) is 5.11 Å². The molecule has 0 radical (unpaired) electrons. The van der Waals surface area contributed by atoms with Crippen LogP contribution in [0.25, 0.3) is 0 Å². The standard InChI is InChI=1S/C11H19NO/c1-2-3-4-8-11(13)9-6-5-7-10(9)12/h9-11,13H,4-8,12H2,1H3/t9-,10+,11?/m1/s1. The van der Waals surface area contributed by atoms with Crippen LogP contribution in [-0.4, -0.2) is 17.3 Å². The van der Waals surface area contributed by atoms with E-state index in [0.717, 1.165) is 25.7 Å². The summed E-state index contributed by atoms with van der Waals surface area (Å²) in [7, 11) is 0. The summed E-state index contributed by atoms with van der Waals surface area (Å²) in [5.74, 6) is 6.12. The van der Waals surface area contributed by atoms with Gasteiger partial charge in [-0.3, -0.25) is 0 Å². The average molecular weight is 181 g/mol. The van der Waals surface area contributed by atoms with E-state index in [2.05, 4.69) is 11.8 Å². The van der Waals surface area contributed by atoms with Crippen molar-refractivity contribution in [3.8, 4) is 11.8 Å². The van der Waals surface area contributed by atoms with Gasteiger partial charge in [0.05, 0.1) is 6.10 Å². The fourth-order valence-corrected chi connectivity index (χ4v) is 2.05. The fourth-order valence-electron chi connectivity index (χ4n) is 2.05. The van der Waals surface area contributed by atoms with Crippen molar-refractivity contribution < 1.29 is 5.11 Å². The Balaban J connectivity index is 2.28. The largest absolute Gasteiger partial charge is 0.393 e. The minimum atomic E-state index is -0.238. The number of nitrogens with two attached hydrogens (primary N) is 1. The summed E-state index contributed by atoms with van der Waals surface area (Å²) in [4.78, 5) is 0. The van der Waals surface area contributed by atoms with Gasteiger partial charge in [-0.15, -0.1) is 11.8 Å². The molecule has 0 amide bonds. The van der Waals surface area contributed by atoms with Crippen LogP contribution in [0.1, 0.15) is 39.0 Å². The Morgan fingerprint density at radius 3 is 2.85 bits per heavy atom. The minimum Gasteiger partial charge on any atom is -0.393 e. The summed E-state index contributed by atoms with van der Waals surface area (Å²) in [5, 5.41) is 9.80. The lowest BCUT2D eigenvalue weighted by atomic mass is 9.94. The number of rotatable bonds is 3. The number of aliphatic hydroxyl groups is 1. The maximum absolute atomic E-state index is 9.80. The zero-order valence-electron chi connectivity index (χ0n) is 8.29. The van der Waals surface area contributed by atoms with Crippen molar-refractivity contribution in [2.24, 2.45) is 11.7 Å². The first-order valence-electron chi connectivity index (χ1n) is 5.09. The second kappa shape index (κ2) is 5.26. The highest BCUT2D eigenvalue weighted by molar-refractivity contribution is 4.96. The molecular weight excluding hydrogens is 162 g/mol. The first kappa shape index (κ1) is 10.6. The average Bonchev–Trinajstić information content (AvgIpc) is 2.52. The van der Waals surface area contributed by atoms with E-state index in [1.807, 2.05) is 6.92 Å². The molecule has 0 aromatic heterocycles. The van der Waals surface area contributed by atoms with Crippen LogP contribution in [0.5, 0.6) is 0 Å². The number of hydrogen-bond donors (Lipinski definition) is 2. The summed E-state index contributed by atoms with van der Waals surface area (Å²) < 4.78 is 0. The molecule has 1 rings (SSSR count). The number of hydrogen-bond acceptors (Lipinski definition) is 2. The first-order chi connectivity index (χ1) is 6.25. The maximum atomic E-state index is 9.80. The van der Waals surface area contributed by atoms with Gasteiger partial charge in [-0.2, -0.15) is 0 Å². The lowest BCUT2D eigenvalue weighted by molar-refractivity contribution is 0.0955. The van der Waals surface area contributed by atoms with Gasteiger partial charge in [-0.25, -0.2) is 0 Å². The van der Waals surface area contributed by atoms with Crippen molar-refractivity contribution in [2.75, 3.05) is 0 Å². The van der Waals surface area contributed by atoms with Gasteiger partial charge < -0.3 is 10.8 Å². The molecule has 0 saturated heterocycles.